The summed E-state index contributed by atoms with van der Waals surface area (Å²) in [5, 5.41) is 2.97. The van der Waals surface area contributed by atoms with Crippen LogP contribution >= 0.6 is 11.8 Å². The van der Waals surface area contributed by atoms with Gasteiger partial charge in [0, 0.05) is 17.5 Å². The van der Waals surface area contributed by atoms with Gasteiger partial charge in [0.1, 0.15) is 6.04 Å². The summed E-state index contributed by atoms with van der Waals surface area (Å²) in [6.45, 7) is 6.59. The first-order valence-electron chi connectivity index (χ1n) is 9.65. The molecule has 1 aliphatic rings. The van der Waals surface area contributed by atoms with Crippen molar-refractivity contribution in [3.63, 3.8) is 0 Å². The molecule has 2 unspecified atom stereocenters. The second-order valence-electron chi connectivity index (χ2n) is 7.50. The fourth-order valence-corrected chi connectivity index (χ4v) is 5.01. The Labute approximate surface area is 170 Å². The van der Waals surface area contributed by atoms with Gasteiger partial charge in [0.05, 0.1) is 17.6 Å². The molecule has 2 heterocycles. The van der Waals surface area contributed by atoms with Gasteiger partial charge in [0.25, 0.3) is 5.91 Å². The van der Waals surface area contributed by atoms with Crippen molar-refractivity contribution in [1.82, 2.24) is 15.2 Å². The molecule has 148 valence electrons. The molecule has 5 nitrogen and oxygen atoms in total. The van der Waals surface area contributed by atoms with Gasteiger partial charge in [-0.15, -0.1) is 11.8 Å². The standard InChI is InChI=1S/C22H27N3O2S/c1-15(2)12-20-25(22(27)18-10-5-4-8-16(18)3)19(14-28-20)21(26)24-13-17-9-6-7-11-23-17/h4-11,15,19-20H,12-14H2,1-3H3,(H,24,26). The summed E-state index contributed by atoms with van der Waals surface area (Å²) in [5.41, 5.74) is 2.40. The quantitative estimate of drug-likeness (QED) is 0.808. The number of pyridine rings is 1. The summed E-state index contributed by atoms with van der Waals surface area (Å²) in [7, 11) is 0. The molecule has 0 aliphatic carbocycles. The molecule has 2 atom stereocenters. The molecule has 28 heavy (non-hydrogen) atoms. The van der Waals surface area contributed by atoms with Crippen molar-refractivity contribution in [3.8, 4) is 0 Å². The van der Waals surface area contributed by atoms with Crippen LogP contribution in [0.4, 0.5) is 0 Å². The molecule has 3 rings (SSSR count). The number of amides is 2. The minimum absolute atomic E-state index is 0.0118. The highest BCUT2D eigenvalue weighted by atomic mass is 32.2. The zero-order valence-corrected chi connectivity index (χ0v) is 17.4. The van der Waals surface area contributed by atoms with Gasteiger partial charge in [-0.3, -0.25) is 14.6 Å². The molecule has 1 aliphatic heterocycles. The van der Waals surface area contributed by atoms with E-state index in [-0.39, 0.29) is 17.2 Å². The van der Waals surface area contributed by atoms with Crippen molar-refractivity contribution in [2.45, 2.75) is 45.2 Å². The number of benzene rings is 1. The maximum atomic E-state index is 13.4. The minimum Gasteiger partial charge on any atom is -0.349 e. The number of aromatic nitrogens is 1. The van der Waals surface area contributed by atoms with E-state index in [1.54, 1.807) is 22.9 Å². The number of hydrogen-bond donors (Lipinski definition) is 1. The number of carbonyl (C=O) groups excluding carboxylic acids is 2. The van der Waals surface area contributed by atoms with E-state index in [1.807, 2.05) is 49.4 Å². The van der Waals surface area contributed by atoms with Crippen LogP contribution in [0, 0.1) is 12.8 Å². The maximum absolute atomic E-state index is 13.4. The number of rotatable bonds is 6. The second-order valence-corrected chi connectivity index (χ2v) is 8.71. The van der Waals surface area contributed by atoms with Gasteiger partial charge in [-0.1, -0.05) is 38.1 Å². The molecule has 1 fully saturated rings. The topological polar surface area (TPSA) is 62.3 Å². The Morgan fingerprint density at radius 2 is 1.96 bits per heavy atom. The van der Waals surface area contributed by atoms with Crippen molar-refractivity contribution >= 4 is 23.6 Å². The number of nitrogens with one attached hydrogen (secondary N) is 1. The van der Waals surface area contributed by atoms with Gasteiger partial charge >= 0.3 is 0 Å². The predicted molar refractivity (Wildman–Crippen MR) is 113 cm³/mol. The first-order chi connectivity index (χ1) is 13.5. The van der Waals surface area contributed by atoms with Crippen LogP contribution < -0.4 is 5.32 Å². The normalized spacial score (nSPS) is 19.1. The molecular formula is C22H27N3O2S. The molecule has 1 aromatic heterocycles. The van der Waals surface area contributed by atoms with Crippen LogP contribution in [0.1, 0.15) is 41.9 Å². The number of aryl methyl sites for hydroxylation is 1. The number of thioether (sulfide) groups is 1. The average Bonchev–Trinajstić information content (AvgIpc) is 3.09. The van der Waals surface area contributed by atoms with Gasteiger partial charge in [-0.25, -0.2) is 0 Å². The van der Waals surface area contributed by atoms with Crippen LogP contribution in [-0.4, -0.2) is 38.9 Å². The maximum Gasteiger partial charge on any atom is 0.255 e. The molecule has 1 saturated heterocycles. The summed E-state index contributed by atoms with van der Waals surface area (Å²) < 4.78 is 0. The van der Waals surface area contributed by atoms with Crippen LogP contribution in [0.3, 0.4) is 0 Å². The van der Waals surface area contributed by atoms with E-state index in [1.165, 1.54) is 0 Å². The zero-order valence-electron chi connectivity index (χ0n) is 16.6. The predicted octanol–water partition coefficient (Wildman–Crippen LogP) is 3.64. The monoisotopic (exact) mass is 397 g/mol. The van der Waals surface area contributed by atoms with E-state index in [0.29, 0.717) is 23.8 Å². The second kappa shape index (κ2) is 9.24. The van der Waals surface area contributed by atoms with Gasteiger partial charge in [-0.2, -0.15) is 0 Å². The largest absolute Gasteiger partial charge is 0.349 e. The summed E-state index contributed by atoms with van der Waals surface area (Å²) in [5.74, 6) is 0.876. The summed E-state index contributed by atoms with van der Waals surface area (Å²) in [6.07, 6.45) is 2.58. The van der Waals surface area contributed by atoms with E-state index < -0.39 is 6.04 Å². The minimum atomic E-state index is -0.468. The van der Waals surface area contributed by atoms with Crippen LogP contribution in [0.15, 0.2) is 48.7 Å². The highest BCUT2D eigenvalue weighted by molar-refractivity contribution is 8.00. The fraction of sp³-hybridized carbons (Fsp3) is 0.409. The third kappa shape index (κ3) is 4.73. The molecule has 0 bridgehead atoms. The lowest BCUT2D eigenvalue weighted by Crippen LogP contribution is -2.50. The zero-order chi connectivity index (χ0) is 20.1. The van der Waals surface area contributed by atoms with E-state index >= 15 is 0 Å². The van der Waals surface area contributed by atoms with Crippen LogP contribution in [0.25, 0.3) is 0 Å². The Kier molecular flexibility index (Phi) is 6.73. The fourth-order valence-electron chi connectivity index (χ4n) is 3.37. The Morgan fingerprint density at radius 3 is 2.64 bits per heavy atom. The average molecular weight is 398 g/mol. The highest BCUT2D eigenvalue weighted by Crippen LogP contribution is 2.35. The van der Waals surface area contributed by atoms with Crippen LogP contribution in [-0.2, 0) is 11.3 Å². The first-order valence-corrected chi connectivity index (χ1v) is 10.7. The van der Waals surface area contributed by atoms with Crippen molar-refractivity contribution in [3.05, 3.63) is 65.5 Å². The molecule has 0 spiro atoms. The third-order valence-electron chi connectivity index (χ3n) is 4.85. The van der Waals surface area contributed by atoms with Crippen molar-refractivity contribution in [2.75, 3.05) is 5.75 Å². The Balaban J connectivity index is 1.79. The van der Waals surface area contributed by atoms with Gasteiger partial charge in [-0.05, 0) is 43.0 Å². The molecule has 1 N–H and O–H groups in total. The lowest BCUT2D eigenvalue weighted by atomic mass is 10.0. The lowest BCUT2D eigenvalue weighted by Gasteiger charge is -2.30. The smallest absolute Gasteiger partial charge is 0.255 e. The van der Waals surface area contributed by atoms with E-state index in [4.69, 9.17) is 0 Å². The molecular weight excluding hydrogens is 370 g/mol. The Bertz CT molecular complexity index is 826. The van der Waals surface area contributed by atoms with Crippen molar-refractivity contribution in [2.24, 2.45) is 5.92 Å². The summed E-state index contributed by atoms with van der Waals surface area (Å²) in [6, 6.07) is 12.7. The highest BCUT2D eigenvalue weighted by Gasteiger charge is 2.42. The molecule has 6 heteroatoms. The lowest BCUT2D eigenvalue weighted by molar-refractivity contribution is -0.125. The Hall–Kier alpha value is -2.34. The van der Waals surface area contributed by atoms with Crippen molar-refractivity contribution < 1.29 is 9.59 Å². The first kappa shape index (κ1) is 20.4. The van der Waals surface area contributed by atoms with Gasteiger partial charge in [0.2, 0.25) is 5.91 Å². The SMILES string of the molecule is Cc1ccccc1C(=O)N1C(CC(C)C)SCC1C(=O)NCc1ccccn1. The molecule has 2 aromatic rings. The van der Waals surface area contributed by atoms with Gasteiger partial charge in [0.15, 0.2) is 0 Å². The third-order valence-corrected chi connectivity index (χ3v) is 6.16. The summed E-state index contributed by atoms with van der Waals surface area (Å²) >= 11 is 1.69. The van der Waals surface area contributed by atoms with E-state index in [0.717, 1.165) is 17.7 Å². The van der Waals surface area contributed by atoms with Crippen LogP contribution in [0.2, 0.25) is 0 Å². The number of hydrogen-bond acceptors (Lipinski definition) is 4. The molecule has 0 saturated carbocycles. The Morgan fingerprint density at radius 1 is 1.21 bits per heavy atom. The molecule has 1 aromatic carbocycles. The van der Waals surface area contributed by atoms with E-state index in [9.17, 15) is 9.59 Å². The number of carbonyl (C=O) groups is 2. The number of nitrogens with zero attached hydrogens (tertiary/aromatic N) is 2. The van der Waals surface area contributed by atoms with E-state index in [2.05, 4.69) is 24.1 Å². The van der Waals surface area contributed by atoms with Crippen molar-refractivity contribution in [1.29, 1.82) is 0 Å². The summed E-state index contributed by atoms with van der Waals surface area (Å²) in [4.78, 5) is 32.3. The molecule has 0 radical (unpaired) electrons. The molecule has 2 amide bonds. The van der Waals surface area contributed by atoms with Crippen LogP contribution in [0.5, 0.6) is 0 Å². The van der Waals surface area contributed by atoms with Gasteiger partial charge < -0.3 is 10.2 Å².